The summed E-state index contributed by atoms with van der Waals surface area (Å²) in [7, 11) is 0. The molecule has 0 spiro atoms. The Hall–Kier alpha value is -1.96. The van der Waals surface area contributed by atoms with Gasteiger partial charge in [0, 0.05) is 27.6 Å². The number of aliphatic hydroxyl groups is 1. The zero-order valence-electron chi connectivity index (χ0n) is 13.5. The van der Waals surface area contributed by atoms with Gasteiger partial charge in [-0.1, -0.05) is 20.3 Å². The highest BCUT2D eigenvalue weighted by atomic mass is 32.1. The quantitative estimate of drug-likeness (QED) is 0.681. The van der Waals surface area contributed by atoms with Crippen LogP contribution in [0, 0.1) is 5.92 Å². The lowest BCUT2D eigenvalue weighted by molar-refractivity contribution is -0.109. The number of thiophene rings is 1. The number of ether oxygens (including phenoxy) is 1. The molecule has 1 aliphatic rings. The van der Waals surface area contributed by atoms with Gasteiger partial charge in [0.05, 0.1) is 25.1 Å². The number of hydrogen-bond donors (Lipinski definition) is 3. The third-order valence-corrected chi connectivity index (χ3v) is 6.20. The number of nitrogens with one attached hydrogen (secondary N) is 2. The minimum atomic E-state index is -1.16. The van der Waals surface area contributed by atoms with Crippen LogP contribution in [0.2, 0.25) is 0 Å². The van der Waals surface area contributed by atoms with Crippen molar-refractivity contribution in [2.75, 3.05) is 6.61 Å². The first-order valence-corrected chi connectivity index (χ1v) is 8.84. The predicted octanol–water partition coefficient (Wildman–Crippen LogP) is 2.74. The molecule has 0 aliphatic carbocycles. The van der Waals surface area contributed by atoms with Crippen LogP contribution in [0.15, 0.2) is 23.3 Å². The van der Waals surface area contributed by atoms with Crippen molar-refractivity contribution in [3.8, 4) is 10.4 Å². The molecule has 24 heavy (non-hydrogen) atoms. The SMILES string of the molecule is CC[C@@H](C)[C@@]1(O)COCc2c1[nH]c(=O)c1sc(-c3cn[nH]c3)cc21. The Labute approximate surface area is 142 Å². The highest BCUT2D eigenvalue weighted by molar-refractivity contribution is 7.22. The first-order valence-electron chi connectivity index (χ1n) is 8.03. The van der Waals surface area contributed by atoms with E-state index in [1.54, 1.807) is 12.4 Å². The molecule has 0 saturated carbocycles. The van der Waals surface area contributed by atoms with E-state index in [1.807, 2.05) is 19.9 Å². The van der Waals surface area contributed by atoms with Gasteiger partial charge in [-0.3, -0.25) is 9.89 Å². The summed E-state index contributed by atoms with van der Waals surface area (Å²) in [6, 6.07) is 1.99. The number of aromatic nitrogens is 3. The lowest BCUT2D eigenvalue weighted by Gasteiger charge is -2.38. The maximum Gasteiger partial charge on any atom is 0.266 e. The van der Waals surface area contributed by atoms with Gasteiger partial charge in [-0.25, -0.2) is 0 Å². The van der Waals surface area contributed by atoms with Crippen LogP contribution in [-0.2, 0) is 16.9 Å². The molecule has 3 N–H and O–H groups in total. The van der Waals surface area contributed by atoms with Gasteiger partial charge in [-0.05, 0) is 12.0 Å². The molecular formula is C17H19N3O3S. The van der Waals surface area contributed by atoms with Gasteiger partial charge in [-0.2, -0.15) is 5.10 Å². The fraction of sp³-hybridized carbons (Fsp3) is 0.412. The summed E-state index contributed by atoms with van der Waals surface area (Å²) in [5.74, 6) is -0.0170. The van der Waals surface area contributed by atoms with Crippen LogP contribution in [0.25, 0.3) is 20.5 Å². The number of fused-ring (bicyclic) bond motifs is 3. The molecule has 0 amide bonds. The highest BCUT2D eigenvalue weighted by Gasteiger charge is 2.41. The summed E-state index contributed by atoms with van der Waals surface area (Å²) in [5, 5.41) is 18.8. The van der Waals surface area contributed by atoms with E-state index in [4.69, 9.17) is 4.74 Å². The van der Waals surface area contributed by atoms with Crippen molar-refractivity contribution >= 4 is 21.4 Å². The van der Waals surface area contributed by atoms with Crippen LogP contribution in [-0.4, -0.2) is 26.9 Å². The molecule has 126 valence electrons. The lowest BCUT2D eigenvalue weighted by atomic mass is 9.81. The second kappa shape index (κ2) is 5.54. The molecule has 0 bridgehead atoms. The Kier molecular flexibility index (Phi) is 3.59. The zero-order valence-corrected chi connectivity index (χ0v) is 14.4. The summed E-state index contributed by atoms with van der Waals surface area (Å²) in [5.41, 5.74) is 1.11. The molecule has 0 unspecified atom stereocenters. The summed E-state index contributed by atoms with van der Waals surface area (Å²) < 4.78 is 6.35. The zero-order chi connectivity index (χ0) is 16.9. The van der Waals surface area contributed by atoms with Crippen molar-refractivity contribution < 1.29 is 9.84 Å². The lowest BCUT2D eigenvalue weighted by Crippen LogP contribution is -2.44. The largest absolute Gasteiger partial charge is 0.381 e. The third-order valence-electron chi connectivity index (χ3n) is 5.02. The first kappa shape index (κ1) is 15.6. The minimum absolute atomic E-state index is 0.0170. The van der Waals surface area contributed by atoms with Crippen LogP contribution >= 0.6 is 11.3 Å². The van der Waals surface area contributed by atoms with Crippen LogP contribution in [0.4, 0.5) is 0 Å². The van der Waals surface area contributed by atoms with Gasteiger partial charge in [-0.15, -0.1) is 11.3 Å². The second-order valence-corrected chi connectivity index (χ2v) is 7.43. The number of rotatable bonds is 3. The standard InChI is InChI=1S/C17H19N3O3S/c1-3-9(2)17(22)8-23-7-12-11-4-13(10-5-18-19-6-10)24-14(11)16(21)20-15(12)17/h4-6,9,22H,3,7-8H2,1-2H3,(H,18,19)(H,20,21)/t9-,17+/m1/s1. The molecule has 0 aromatic carbocycles. The Morgan fingerprint density at radius 2 is 2.38 bits per heavy atom. The molecule has 0 radical (unpaired) electrons. The van der Waals surface area contributed by atoms with Gasteiger partial charge < -0.3 is 14.8 Å². The number of pyridine rings is 1. The number of aromatic amines is 2. The van der Waals surface area contributed by atoms with E-state index in [-0.39, 0.29) is 18.1 Å². The summed E-state index contributed by atoms with van der Waals surface area (Å²) >= 11 is 1.43. The monoisotopic (exact) mass is 345 g/mol. The molecule has 2 atom stereocenters. The van der Waals surface area contributed by atoms with Gasteiger partial charge in [0.2, 0.25) is 0 Å². The Morgan fingerprint density at radius 1 is 1.54 bits per heavy atom. The molecule has 3 aromatic heterocycles. The Balaban J connectivity index is 1.97. The second-order valence-electron chi connectivity index (χ2n) is 6.37. The molecular weight excluding hydrogens is 326 g/mol. The van der Waals surface area contributed by atoms with Gasteiger partial charge in [0.15, 0.2) is 0 Å². The van der Waals surface area contributed by atoms with Crippen LogP contribution in [0.5, 0.6) is 0 Å². The normalized spacial score (nSPS) is 21.8. The molecule has 3 aromatic rings. The summed E-state index contributed by atoms with van der Waals surface area (Å²) in [6.45, 7) is 4.60. The van der Waals surface area contributed by atoms with Crippen molar-refractivity contribution in [1.29, 1.82) is 0 Å². The van der Waals surface area contributed by atoms with Crippen molar-refractivity contribution in [2.45, 2.75) is 32.5 Å². The van der Waals surface area contributed by atoms with E-state index in [9.17, 15) is 9.90 Å². The highest BCUT2D eigenvalue weighted by Crippen LogP contribution is 2.41. The smallest absolute Gasteiger partial charge is 0.266 e. The van der Waals surface area contributed by atoms with Crippen LogP contribution < -0.4 is 5.56 Å². The van der Waals surface area contributed by atoms with Crippen LogP contribution in [0.1, 0.15) is 31.5 Å². The number of H-pyrrole nitrogens is 2. The predicted molar refractivity (Wildman–Crippen MR) is 93.0 cm³/mol. The van der Waals surface area contributed by atoms with Crippen molar-refractivity contribution in [3.05, 3.63) is 40.1 Å². The van der Waals surface area contributed by atoms with E-state index in [1.165, 1.54) is 11.3 Å². The summed E-state index contributed by atoms with van der Waals surface area (Å²) in [4.78, 5) is 16.5. The molecule has 6 nitrogen and oxygen atoms in total. The van der Waals surface area contributed by atoms with E-state index >= 15 is 0 Å². The van der Waals surface area contributed by atoms with Gasteiger partial charge in [0.1, 0.15) is 10.3 Å². The maximum absolute atomic E-state index is 12.6. The van der Waals surface area contributed by atoms with Gasteiger partial charge >= 0.3 is 0 Å². The van der Waals surface area contributed by atoms with Crippen LogP contribution in [0.3, 0.4) is 0 Å². The van der Waals surface area contributed by atoms with Crippen molar-refractivity contribution in [3.63, 3.8) is 0 Å². The van der Waals surface area contributed by atoms with E-state index in [0.717, 1.165) is 27.8 Å². The minimum Gasteiger partial charge on any atom is -0.381 e. The van der Waals surface area contributed by atoms with E-state index in [0.29, 0.717) is 17.0 Å². The summed E-state index contributed by atoms with van der Waals surface area (Å²) in [6.07, 6.45) is 4.33. The maximum atomic E-state index is 12.6. The number of nitrogens with zero attached hydrogens (tertiary/aromatic N) is 1. The van der Waals surface area contributed by atoms with Gasteiger partial charge in [0.25, 0.3) is 5.56 Å². The number of hydrogen-bond acceptors (Lipinski definition) is 5. The average Bonchev–Trinajstić information content (AvgIpc) is 3.24. The first-order chi connectivity index (χ1) is 11.5. The van der Waals surface area contributed by atoms with E-state index in [2.05, 4.69) is 15.2 Å². The fourth-order valence-electron chi connectivity index (χ4n) is 3.32. The molecule has 7 heteroatoms. The van der Waals surface area contributed by atoms with E-state index < -0.39 is 5.60 Å². The fourth-order valence-corrected chi connectivity index (χ4v) is 4.38. The molecule has 4 heterocycles. The average molecular weight is 345 g/mol. The third kappa shape index (κ3) is 2.16. The van der Waals surface area contributed by atoms with Crippen molar-refractivity contribution in [2.24, 2.45) is 5.92 Å². The molecule has 4 rings (SSSR count). The Bertz CT molecular complexity index is 944. The van der Waals surface area contributed by atoms with Crippen molar-refractivity contribution in [1.82, 2.24) is 15.2 Å². The molecule has 0 fully saturated rings. The molecule has 1 aliphatic heterocycles. The Morgan fingerprint density at radius 3 is 3.08 bits per heavy atom. The topological polar surface area (TPSA) is 91.0 Å². The molecule has 0 saturated heterocycles.